The molecule has 226 valence electrons. The molecule has 44 heavy (non-hydrogen) atoms. The number of methoxy groups -OCH3 is 1. The third-order valence-corrected chi connectivity index (χ3v) is 9.36. The summed E-state index contributed by atoms with van der Waals surface area (Å²) < 4.78 is 107. The lowest BCUT2D eigenvalue weighted by atomic mass is 9.98. The maximum absolute atomic E-state index is 12.2. The van der Waals surface area contributed by atoms with Gasteiger partial charge in [0.1, 0.15) is 10.6 Å². The second kappa shape index (κ2) is 11.6. The van der Waals surface area contributed by atoms with Crippen molar-refractivity contribution in [1.29, 1.82) is 0 Å². The summed E-state index contributed by atoms with van der Waals surface area (Å²) in [6.45, 7) is 0. The summed E-state index contributed by atoms with van der Waals surface area (Å²) in [6.07, 6.45) is 0. The van der Waals surface area contributed by atoms with Crippen molar-refractivity contribution >= 4 is 30.4 Å². The first-order chi connectivity index (χ1) is 20.7. The zero-order valence-corrected chi connectivity index (χ0v) is 25.2. The fraction of sp³-hybridized carbons (Fsp3) is 0.0333. The molecule has 0 unspecified atom stereocenters. The lowest BCUT2D eigenvalue weighted by molar-refractivity contribution is -0.572. The van der Waals surface area contributed by atoms with Gasteiger partial charge in [-0.3, -0.25) is 13.7 Å². The monoisotopic (exact) mass is 654 g/mol. The number of para-hydroxylation sites is 1. The van der Waals surface area contributed by atoms with Crippen molar-refractivity contribution in [2.45, 2.75) is 14.7 Å². The second-order valence-electron chi connectivity index (χ2n) is 9.53. The molecule has 0 amide bonds. The van der Waals surface area contributed by atoms with Crippen LogP contribution in [0.4, 0.5) is 0 Å². The number of pyridine rings is 1. The zero-order valence-electron chi connectivity index (χ0n) is 22.8. The molecule has 0 aliphatic heterocycles. The Morgan fingerprint density at radius 2 is 0.977 bits per heavy atom. The van der Waals surface area contributed by atoms with E-state index < -0.39 is 35.2 Å². The lowest BCUT2D eigenvalue weighted by Crippen LogP contribution is -2.36. The maximum atomic E-state index is 12.2. The van der Waals surface area contributed by atoms with Gasteiger partial charge in [-0.1, -0.05) is 24.3 Å². The van der Waals surface area contributed by atoms with Crippen LogP contribution in [0.3, 0.4) is 0 Å². The van der Waals surface area contributed by atoms with Gasteiger partial charge in [-0.05, 0) is 71.8 Å². The molecule has 0 radical (unpaired) electrons. The van der Waals surface area contributed by atoms with Crippen LogP contribution in [0.2, 0.25) is 0 Å². The standard InChI is InChI=1S/C30H23NO10S3/c1-41-29-16-11-22(19-30(29)44(38,39)40)23-17-27(20-7-12-25(13-8-20)42(32,33)34)31(24-5-3-2-4-6-24)28(18-23)21-9-14-26(15-10-21)43(35,36)37/h2-19H,1H3,(H2-,32,33,34,35,36,37,38,39,40)/p+1. The second-order valence-corrected chi connectivity index (χ2v) is 13.8. The third kappa shape index (κ3) is 6.40. The molecule has 3 N–H and O–H groups in total. The molecule has 0 saturated carbocycles. The Labute approximate surface area is 253 Å². The quantitative estimate of drug-likeness (QED) is 0.157. The third-order valence-electron chi connectivity index (χ3n) is 6.75. The van der Waals surface area contributed by atoms with Crippen molar-refractivity contribution in [3.8, 4) is 45.1 Å². The summed E-state index contributed by atoms with van der Waals surface area (Å²) in [5.74, 6) is -0.0754. The number of hydrogen-bond acceptors (Lipinski definition) is 7. The molecule has 5 aromatic rings. The number of hydrogen-bond donors (Lipinski definition) is 3. The Morgan fingerprint density at radius 3 is 1.39 bits per heavy atom. The fourth-order valence-electron chi connectivity index (χ4n) is 4.70. The zero-order chi connectivity index (χ0) is 31.9. The predicted octanol–water partition coefficient (Wildman–Crippen LogP) is 4.71. The molecule has 0 spiro atoms. The van der Waals surface area contributed by atoms with Gasteiger partial charge in [0.25, 0.3) is 30.4 Å². The summed E-state index contributed by atoms with van der Waals surface area (Å²) >= 11 is 0. The molecule has 0 saturated heterocycles. The Kier molecular flexibility index (Phi) is 8.15. The van der Waals surface area contributed by atoms with Crippen molar-refractivity contribution in [3.63, 3.8) is 0 Å². The van der Waals surface area contributed by atoms with E-state index in [1.165, 1.54) is 67.8 Å². The van der Waals surface area contributed by atoms with Gasteiger partial charge in [-0.15, -0.1) is 0 Å². The van der Waals surface area contributed by atoms with E-state index in [1.807, 2.05) is 22.8 Å². The molecule has 11 nitrogen and oxygen atoms in total. The molecule has 0 aliphatic rings. The summed E-state index contributed by atoms with van der Waals surface area (Å²) in [4.78, 5) is -1.11. The van der Waals surface area contributed by atoms with E-state index in [0.29, 0.717) is 39.3 Å². The average Bonchev–Trinajstić information content (AvgIpc) is 2.99. The number of nitrogens with zero attached hydrogens (tertiary/aromatic N) is 1. The van der Waals surface area contributed by atoms with Crippen LogP contribution in [-0.2, 0) is 30.4 Å². The smallest absolute Gasteiger partial charge is 0.298 e. The van der Waals surface area contributed by atoms with Crippen LogP contribution in [0.15, 0.2) is 124 Å². The van der Waals surface area contributed by atoms with Gasteiger partial charge in [-0.2, -0.15) is 29.8 Å². The van der Waals surface area contributed by atoms with E-state index in [2.05, 4.69) is 0 Å². The van der Waals surface area contributed by atoms with Crippen molar-refractivity contribution < 1.29 is 48.2 Å². The van der Waals surface area contributed by atoms with Gasteiger partial charge in [0, 0.05) is 35.4 Å². The van der Waals surface area contributed by atoms with Gasteiger partial charge in [0.2, 0.25) is 17.1 Å². The molecule has 1 heterocycles. The van der Waals surface area contributed by atoms with Crippen LogP contribution in [0.1, 0.15) is 0 Å². The lowest BCUT2D eigenvalue weighted by Gasteiger charge is -2.14. The van der Waals surface area contributed by atoms with E-state index in [9.17, 15) is 38.9 Å². The minimum Gasteiger partial charge on any atom is -0.495 e. The molecule has 14 heteroatoms. The topological polar surface area (TPSA) is 176 Å². The molecular weight excluding hydrogens is 631 g/mol. The number of benzene rings is 4. The van der Waals surface area contributed by atoms with E-state index >= 15 is 0 Å². The van der Waals surface area contributed by atoms with Crippen molar-refractivity contribution in [3.05, 3.63) is 109 Å². The number of rotatable bonds is 8. The van der Waals surface area contributed by atoms with Gasteiger partial charge in [0.05, 0.1) is 16.9 Å². The van der Waals surface area contributed by atoms with Crippen LogP contribution in [-0.4, -0.2) is 46.0 Å². The highest BCUT2D eigenvalue weighted by molar-refractivity contribution is 7.86. The molecule has 0 bridgehead atoms. The number of ether oxygens (including phenoxy) is 1. The normalized spacial score (nSPS) is 12.2. The predicted molar refractivity (Wildman–Crippen MR) is 160 cm³/mol. The molecule has 0 fully saturated rings. The van der Waals surface area contributed by atoms with Crippen molar-refractivity contribution in [2.24, 2.45) is 0 Å². The van der Waals surface area contributed by atoms with Crippen molar-refractivity contribution in [2.75, 3.05) is 7.11 Å². The average molecular weight is 655 g/mol. The summed E-state index contributed by atoms with van der Waals surface area (Å²) in [7, 11) is -12.4. The van der Waals surface area contributed by atoms with Gasteiger partial charge < -0.3 is 4.74 Å². The Hall–Kier alpha value is -4.44. The van der Waals surface area contributed by atoms with Gasteiger partial charge in [0.15, 0.2) is 0 Å². The van der Waals surface area contributed by atoms with Crippen LogP contribution >= 0.6 is 0 Å². The molecule has 1 aromatic heterocycles. The summed E-state index contributed by atoms with van der Waals surface area (Å²) in [5, 5.41) is 0. The summed E-state index contributed by atoms with van der Waals surface area (Å²) in [5.41, 5.74) is 3.49. The van der Waals surface area contributed by atoms with E-state index in [4.69, 9.17) is 4.74 Å². The Bertz CT molecular complexity index is 2100. The minimum absolute atomic E-state index is 0.0754. The van der Waals surface area contributed by atoms with Crippen LogP contribution in [0.25, 0.3) is 39.3 Å². The fourth-order valence-corrected chi connectivity index (χ4v) is 6.34. The Morgan fingerprint density at radius 1 is 0.523 bits per heavy atom. The highest BCUT2D eigenvalue weighted by Gasteiger charge is 2.27. The van der Waals surface area contributed by atoms with Crippen LogP contribution in [0, 0.1) is 0 Å². The minimum atomic E-state index is -4.68. The van der Waals surface area contributed by atoms with E-state index in [1.54, 1.807) is 30.3 Å². The van der Waals surface area contributed by atoms with Crippen LogP contribution in [0.5, 0.6) is 5.75 Å². The highest BCUT2D eigenvalue weighted by atomic mass is 32.2. The molecule has 5 rings (SSSR count). The molecular formula is C30H24NO10S3+. The first kappa shape index (κ1) is 31.0. The maximum Gasteiger partial charge on any atom is 0.298 e. The number of aromatic nitrogens is 1. The SMILES string of the molecule is COc1ccc(-c2cc(-c3ccc(S(=O)(=O)O)cc3)[n+](-c3ccccc3)c(-c3ccc(S(=O)(=O)O)cc3)c2)cc1S(=O)(=O)O. The van der Waals surface area contributed by atoms with E-state index in [-0.39, 0.29) is 15.5 Å². The van der Waals surface area contributed by atoms with Crippen LogP contribution < -0.4 is 9.30 Å². The van der Waals surface area contributed by atoms with E-state index in [0.717, 1.165) is 0 Å². The highest BCUT2D eigenvalue weighted by Crippen LogP contribution is 2.34. The summed E-state index contributed by atoms with van der Waals surface area (Å²) in [6, 6.07) is 27.6. The van der Waals surface area contributed by atoms with Crippen molar-refractivity contribution in [1.82, 2.24) is 0 Å². The molecule has 0 atom stereocenters. The first-order valence-electron chi connectivity index (χ1n) is 12.6. The molecule has 4 aromatic carbocycles. The first-order valence-corrected chi connectivity index (χ1v) is 17.0. The Balaban J connectivity index is 1.87. The van der Waals surface area contributed by atoms with Gasteiger partial charge >= 0.3 is 0 Å². The molecule has 0 aliphatic carbocycles. The van der Waals surface area contributed by atoms with Gasteiger partial charge in [-0.25, -0.2) is 0 Å². The largest absolute Gasteiger partial charge is 0.495 e.